The highest BCUT2D eigenvalue weighted by molar-refractivity contribution is 5.74. The number of likely N-dealkylation sites (tertiary alicyclic amines) is 1. The molecule has 1 aliphatic heterocycles. The number of halogens is 1. The number of ether oxygens (including phenoxy) is 1. The summed E-state index contributed by atoms with van der Waals surface area (Å²) in [6, 6.07) is 16.5. The first-order valence-electron chi connectivity index (χ1n) is 9.88. The lowest BCUT2D eigenvalue weighted by Gasteiger charge is -2.32. The lowest BCUT2D eigenvalue weighted by molar-refractivity contribution is 0.186. The fourth-order valence-electron chi connectivity index (χ4n) is 3.31. The number of carbonyl (C=O) groups excluding carboxylic acids is 1. The molecular weight excluding hydrogens is 357 g/mol. The smallest absolute Gasteiger partial charge is 0.315 e. The van der Waals surface area contributed by atoms with E-state index in [1.165, 1.54) is 17.7 Å². The Morgan fingerprint density at radius 1 is 1.07 bits per heavy atom. The van der Waals surface area contributed by atoms with Gasteiger partial charge in [-0.1, -0.05) is 30.3 Å². The van der Waals surface area contributed by atoms with Crippen molar-refractivity contribution in [1.82, 2.24) is 15.5 Å². The Morgan fingerprint density at radius 3 is 2.50 bits per heavy atom. The van der Waals surface area contributed by atoms with Crippen molar-refractivity contribution in [2.24, 2.45) is 0 Å². The first-order chi connectivity index (χ1) is 13.7. The quantitative estimate of drug-likeness (QED) is 0.683. The predicted molar refractivity (Wildman–Crippen MR) is 108 cm³/mol. The molecule has 0 aromatic heterocycles. The van der Waals surface area contributed by atoms with E-state index in [2.05, 4.69) is 39.8 Å². The standard InChI is InChI=1S/C22H28FN3O2/c23-19-7-9-21(10-8-19)28-16-4-13-24-22(27)25-20-11-14-26(15-12-20)17-18-5-2-1-3-6-18/h1-3,5-10,20H,4,11-17H2,(H2,24,25,27). The Labute approximate surface area is 165 Å². The normalized spacial score (nSPS) is 15.2. The molecule has 0 atom stereocenters. The third kappa shape index (κ3) is 6.85. The monoisotopic (exact) mass is 385 g/mol. The van der Waals surface area contributed by atoms with Crippen LogP contribution in [0.25, 0.3) is 0 Å². The molecule has 3 rings (SSSR count). The molecule has 2 N–H and O–H groups in total. The van der Waals surface area contributed by atoms with Gasteiger partial charge in [-0.2, -0.15) is 0 Å². The Kier molecular flexibility index (Phi) is 7.67. The number of hydrogen-bond acceptors (Lipinski definition) is 3. The van der Waals surface area contributed by atoms with Crippen LogP contribution in [0.5, 0.6) is 5.75 Å². The van der Waals surface area contributed by atoms with Crippen LogP contribution < -0.4 is 15.4 Å². The maximum absolute atomic E-state index is 12.8. The number of benzene rings is 2. The van der Waals surface area contributed by atoms with Crippen molar-refractivity contribution in [1.29, 1.82) is 0 Å². The Morgan fingerprint density at radius 2 is 1.79 bits per heavy atom. The van der Waals surface area contributed by atoms with Gasteiger partial charge >= 0.3 is 6.03 Å². The summed E-state index contributed by atoms with van der Waals surface area (Å²) in [7, 11) is 0. The van der Waals surface area contributed by atoms with E-state index in [9.17, 15) is 9.18 Å². The van der Waals surface area contributed by atoms with Gasteiger partial charge in [0, 0.05) is 32.2 Å². The van der Waals surface area contributed by atoms with Crippen LogP contribution in [0.4, 0.5) is 9.18 Å². The molecule has 2 aromatic rings. The second-order valence-corrected chi connectivity index (χ2v) is 7.09. The molecule has 1 saturated heterocycles. The summed E-state index contributed by atoms with van der Waals surface area (Å²) < 4.78 is 18.3. The Bertz CT molecular complexity index is 716. The highest BCUT2D eigenvalue weighted by Gasteiger charge is 2.20. The second kappa shape index (κ2) is 10.7. The van der Waals surface area contributed by atoms with Crippen LogP contribution in [0, 0.1) is 5.82 Å². The van der Waals surface area contributed by atoms with E-state index in [1.807, 2.05) is 6.07 Å². The summed E-state index contributed by atoms with van der Waals surface area (Å²) in [5.74, 6) is 0.352. The predicted octanol–water partition coefficient (Wildman–Crippen LogP) is 3.56. The molecule has 0 bridgehead atoms. The number of urea groups is 1. The highest BCUT2D eigenvalue weighted by atomic mass is 19.1. The lowest BCUT2D eigenvalue weighted by Crippen LogP contribution is -2.47. The van der Waals surface area contributed by atoms with Crippen molar-refractivity contribution in [3.8, 4) is 5.75 Å². The average molecular weight is 385 g/mol. The molecule has 150 valence electrons. The Balaban J connectivity index is 1.25. The molecule has 0 aliphatic carbocycles. The minimum Gasteiger partial charge on any atom is -0.494 e. The molecule has 0 spiro atoms. The first-order valence-corrected chi connectivity index (χ1v) is 9.88. The maximum Gasteiger partial charge on any atom is 0.315 e. The van der Waals surface area contributed by atoms with Crippen molar-refractivity contribution < 1.29 is 13.9 Å². The summed E-state index contributed by atoms with van der Waals surface area (Å²) in [5, 5.41) is 5.93. The van der Waals surface area contributed by atoms with Crippen molar-refractivity contribution in [2.45, 2.75) is 31.8 Å². The topological polar surface area (TPSA) is 53.6 Å². The van der Waals surface area contributed by atoms with Crippen LogP contribution in [0.2, 0.25) is 0 Å². The number of nitrogens with one attached hydrogen (secondary N) is 2. The van der Waals surface area contributed by atoms with Crippen LogP contribution in [0.1, 0.15) is 24.8 Å². The number of rotatable bonds is 8. The zero-order valence-corrected chi connectivity index (χ0v) is 16.1. The summed E-state index contributed by atoms with van der Waals surface area (Å²) in [4.78, 5) is 14.5. The third-order valence-electron chi connectivity index (χ3n) is 4.86. The van der Waals surface area contributed by atoms with Crippen LogP contribution in [-0.4, -0.2) is 43.2 Å². The first kappa shape index (κ1) is 20.1. The SMILES string of the molecule is O=C(NCCCOc1ccc(F)cc1)NC1CCN(Cc2ccccc2)CC1. The molecule has 2 aromatic carbocycles. The molecule has 1 aliphatic rings. The number of piperidine rings is 1. The van der Waals surface area contributed by atoms with Gasteiger partial charge in [0.1, 0.15) is 11.6 Å². The number of carbonyl (C=O) groups is 1. The summed E-state index contributed by atoms with van der Waals surface area (Å²) >= 11 is 0. The van der Waals surface area contributed by atoms with Gasteiger partial charge in [-0.25, -0.2) is 9.18 Å². The molecule has 1 fully saturated rings. The largest absolute Gasteiger partial charge is 0.494 e. The molecule has 0 saturated carbocycles. The van der Waals surface area contributed by atoms with Gasteiger partial charge in [0.15, 0.2) is 0 Å². The molecule has 0 unspecified atom stereocenters. The van der Waals surface area contributed by atoms with Crippen molar-refractivity contribution in [3.63, 3.8) is 0 Å². The zero-order valence-electron chi connectivity index (χ0n) is 16.1. The van der Waals surface area contributed by atoms with Gasteiger partial charge in [-0.05, 0) is 49.1 Å². The fraction of sp³-hybridized carbons (Fsp3) is 0.409. The van der Waals surface area contributed by atoms with Gasteiger partial charge in [0.25, 0.3) is 0 Å². The molecule has 28 heavy (non-hydrogen) atoms. The summed E-state index contributed by atoms with van der Waals surface area (Å²) in [6.07, 6.45) is 2.63. The Hall–Kier alpha value is -2.60. The van der Waals surface area contributed by atoms with E-state index in [0.717, 1.165) is 32.5 Å². The highest BCUT2D eigenvalue weighted by Crippen LogP contribution is 2.14. The zero-order chi connectivity index (χ0) is 19.6. The molecule has 1 heterocycles. The van der Waals surface area contributed by atoms with Gasteiger partial charge < -0.3 is 15.4 Å². The van der Waals surface area contributed by atoms with Gasteiger partial charge in [0.05, 0.1) is 6.61 Å². The minimum atomic E-state index is -0.281. The van der Waals surface area contributed by atoms with Crippen molar-refractivity contribution in [2.75, 3.05) is 26.2 Å². The number of nitrogens with zero attached hydrogens (tertiary/aromatic N) is 1. The minimum absolute atomic E-state index is 0.122. The van der Waals surface area contributed by atoms with E-state index >= 15 is 0 Å². The summed E-state index contributed by atoms with van der Waals surface area (Å²) in [6.45, 7) is 3.97. The van der Waals surface area contributed by atoms with E-state index in [-0.39, 0.29) is 17.9 Å². The molecule has 0 radical (unpaired) electrons. The van der Waals surface area contributed by atoms with Crippen molar-refractivity contribution >= 4 is 6.03 Å². The van der Waals surface area contributed by atoms with E-state index in [0.29, 0.717) is 25.3 Å². The van der Waals surface area contributed by atoms with E-state index in [1.54, 1.807) is 12.1 Å². The van der Waals surface area contributed by atoms with Crippen molar-refractivity contribution in [3.05, 3.63) is 66.0 Å². The van der Waals surface area contributed by atoms with E-state index < -0.39 is 0 Å². The molecular formula is C22H28FN3O2. The van der Waals surface area contributed by atoms with Crippen LogP contribution in [-0.2, 0) is 6.54 Å². The maximum atomic E-state index is 12.8. The number of amides is 2. The third-order valence-corrected chi connectivity index (χ3v) is 4.86. The van der Waals surface area contributed by atoms with Crippen LogP contribution >= 0.6 is 0 Å². The average Bonchev–Trinajstić information content (AvgIpc) is 2.71. The second-order valence-electron chi connectivity index (χ2n) is 7.09. The molecule has 2 amide bonds. The fourth-order valence-corrected chi connectivity index (χ4v) is 3.31. The molecule has 5 nitrogen and oxygen atoms in total. The van der Waals surface area contributed by atoms with Crippen LogP contribution in [0.3, 0.4) is 0 Å². The van der Waals surface area contributed by atoms with Gasteiger partial charge in [-0.15, -0.1) is 0 Å². The lowest BCUT2D eigenvalue weighted by atomic mass is 10.0. The molecule has 6 heteroatoms. The number of hydrogen-bond donors (Lipinski definition) is 2. The summed E-state index contributed by atoms with van der Waals surface area (Å²) in [5.41, 5.74) is 1.33. The van der Waals surface area contributed by atoms with E-state index in [4.69, 9.17) is 4.74 Å². The van der Waals surface area contributed by atoms with Gasteiger partial charge in [-0.3, -0.25) is 4.90 Å². The van der Waals surface area contributed by atoms with Gasteiger partial charge in [0.2, 0.25) is 0 Å². The van der Waals surface area contributed by atoms with Crippen LogP contribution in [0.15, 0.2) is 54.6 Å².